The summed E-state index contributed by atoms with van der Waals surface area (Å²) in [5, 5.41) is 16.2. The maximum Gasteiger partial charge on any atom is 0.156 e. The minimum absolute atomic E-state index is 0. The van der Waals surface area contributed by atoms with E-state index in [1.165, 1.54) is 52.4 Å². The molecule has 0 radical (unpaired) electrons. The van der Waals surface area contributed by atoms with Crippen molar-refractivity contribution >= 4 is 5.82 Å². The lowest BCUT2D eigenvalue weighted by Crippen LogP contribution is -2.15. The van der Waals surface area contributed by atoms with Gasteiger partial charge in [0.2, 0.25) is 0 Å². The number of aliphatic hydroxyl groups is 2. The molecule has 0 spiro atoms. The number of unbranched alkanes of at least 4 members (excludes halogenated alkanes) is 1. The van der Waals surface area contributed by atoms with Crippen LogP contribution in [0.3, 0.4) is 0 Å². The van der Waals surface area contributed by atoms with Gasteiger partial charge in [-0.1, -0.05) is 46.1 Å². The summed E-state index contributed by atoms with van der Waals surface area (Å²) < 4.78 is 0. The Hall–Kier alpha value is -1.13. The van der Waals surface area contributed by atoms with E-state index in [9.17, 15) is 0 Å². The van der Waals surface area contributed by atoms with Crippen LogP contribution in [0.2, 0.25) is 0 Å². The van der Waals surface area contributed by atoms with Gasteiger partial charge in [0, 0.05) is 5.69 Å². The molecule has 1 aliphatic carbocycles. The molecular formula is C19H36N2O2. The molecule has 0 amide bonds. The van der Waals surface area contributed by atoms with Crippen LogP contribution < -0.4 is 5.73 Å². The van der Waals surface area contributed by atoms with Crippen molar-refractivity contribution in [1.29, 1.82) is 0 Å². The summed E-state index contributed by atoms with van der Waals surface area (Å²) >= 11 is 0. The molecule has 0 aliphatic heterocycles. The molecule has 134 valence electrons. The van der Waals surface area contributed by atoms with Crippen LogP contribution in [-0.2, 0) is 6.42 Å². The number of nitrogens with zero attached hydrogens (tertiary/aromatic N) is 1. The van der Waals surface area contributed by atoms with Crippen LogP contribution in [0.4, 0.5) is 5.82 Å². The van der Waals surface area contributed by atoms with Crippen molar-refractivity contribution in [2.24, 2.45) is 11.8 Å². The van der Waals surface area contributed by atoms with E-state index in [0.717, 1.165) is 24.0 Å². The number of nitrogen functional groups attached to an aromatic ring is 1. The Morgan fingerprint density at radius 2 is 1.87 bits per heavy atom. The van der Waals surface area contributed by atoms with E-state index in [1.54, 1.807) is 0 Å². The van der Waals surface area contributed by atoms with E-state index in [0.29, 0.717) is 5.82 Å². The van der Waals surface area contributed by atoms with Gasteiger partial charge in [-0.2, -0.15) is 0 Å². The predicted octanol–water partition coefficient (Wildman–Crippen LogP) is 4.16. The van der Waals surface area contributed by atoms with Gasteiger partial charge < -0.3 is 15.9 Å². The van der Waals surface area contributed by atoms with E-state index in [-0.39, 0.29) is 7.43 Å². The molecule has 1 saturated carbocycles. The van der Waals surface area contributed by atoms with Crippen LogP contribution in [0.5, 0.6) is 0 Å². The van der Waals surface area contributed by atoms with Crippen molar-refractivity contribution in [3.8, 4) is 0 Å². The van der Waals surface area contributed by atoms with Gasteiger partial charge in [-0.3, -0.25) is 0 Å². The standard InChI is InChI=1S/C15H24N2.C3H8O2.CH4/c1-12-9-10-13(11-12)5-2-3-6-14-7-4-8-15(16)17-14;1-3(2,4)5;/h4,7-8,12-13H,2-3,5-6,9-11H2,1H3,(H2,16,17);4-5H,1-2H3;1H4. The predicted molar refractivity (Wildman–Crippen MR) is 98.0 cm³/mol. The van der Waals surface area contributed by atoms with Crippen molar-refractivity contribution in [3.05, 3.63) is 23.9 Å². The van der Waals surface area contributed by atoms with Crippen LogP contribution in [0.25, 0.3) is 0 Å². The molecule has 1 fully saturated rings. The molecule has 2 unspecified atom stereocenters. The summed E-state index contributed by atoms with van der Waals surface area (Å²) in [7, 11) is 0. The lowest BCUT2D eigenvalue weighted by Gasteiger charge is -2.08. The number of aryl methyl sites for hydroxylation is 1. The number of nitrogens with two attached hydrogens (primary N) is 1. The van der Waals surface area contributed by atoms with Crippen LogP contribution >= 0.6 is 0 Å². The van der Waals surface area contributed by atoms with E-state index >= 15 is 0 Å². The first-order valence-corrected chi connectivity index (χ1v) is 8.40. The molecule has 1 heterocycles. The maximum atomic E-state index is 8.08. The Balaban J connectivity index is 0.000000709. The van der Waals surface area contributed by atoms with Crippen molar-refractivity contribution in [2.75, 3.05) is 5.73 Å². The average molecular weight is 325 g/mol. The molecule has 1 aromatic heterocycles. The zero-order valence-electron chi connectivity index (χ0n) is 14.3. The zero-order chi connectivity index (χ0) is 16.6. The van der Waals surface area contributed by atoms with Gasteiger partial charge >= 0.3 is 0 Å². The molecule has 0 bridgehead atoms. The number of anilines is 1. The highest BCUT2D eigenvalue weighted by atomic mass is 16.5. The summed E-state index contributed by atoms with van der Waals surface area (Å²) in [6, 6.07) is 5.92. The van der Waals surface area contributed by atoms with Crippen molar-refractivity contribution in [1.82, 2.24) is 4.98 Å². The molecule has 1 aliphatic rings. The van der Waals surface area contributed by atoms with Gasteiger partial charge in [0.25, 0.3) is 0 Å². The highest BCUT2D eigenvalue weighted by Gasteiger charge is 2.20. The molecule has 2 atom stereocenters. The first-order chi connectivity index (χ1) is 10.2. The fourth-order valence-corrected chi connectivity index (χ4v) is 2.96. The molecule has 1 aromatic rings. The molecule has 4 heteroatoms. The van der Waals surface area contributed by atoms with Gasteiger partial charge in [0.05, 0.1) is 0 Å². The number of aromatic nitrogens is 1. The van der Waals surface area contributed by atoms with Gasteiger partial charge in [-0.05, 0) is 57.1 Å². The number of hydrogen-bond donors (Lipinski definition) is 3. The molecule has 0 saturated heterocycles. The fraction of sp³-hybridized carbons (Fsp3) is 0.737. The number of rotatable bonds is 5. The second-order valence-electron chi connectivity index (χ2n) is 7.08. The van der Waals surface area contributed by atoms with Crippen LogP contribution in [0.1, 0.15) is 72.4 Å². The third kappa shape index (κ3) is 12.0. The van der Waals surface area contributed by atoms with Crippen LogP contribution in [0.15, 0.2) is 18.2 Å². The molecule has 23 heavy (non-hydrogen) atoms. The summed E-state index contributed by atoms with van der Waals surface area (Å²) in [6.07, 6.45) is 9.44. The largest absolute Gasteiger partial charge is 0.384 e. The average Bonchev–Trinajstić information content (AvgIpc) is 2.79. The zero-order valence-corrected chi connectivity index (χ0v) is 14.3. The van der Waals surface area contributed by atoms with Gasteiger partial charge in [-0.25, -0.2) is 4.98 Å². The number of hydrogen-bond acceptors (Lipinski definition) is 4. The smallest absolute Gasteiger partial charge is 0.156 e. The third-order valence-electron chi connectivity index (χ3n) is 3.93. The van der Waals surface area contributed by atoms with Crippen molar-refractivity contribution in [3.63, 3.8) is 0 Å². The quantitative estimate of drug-likeness (QED) is 0.561. The maximum absolute atomic E-state index is 8.08. The second kappa shape index (κ2) is 10.6. The summed E-state index contributed by atoms with van der Waals surface area (Å²) in [5.41, 5.74) is 6.81. The van der Waals surface area contributed by atoms with Gasteiger partial charge in [-0.15, -0.1) is 0 Å². The van der Waals surface area contributed by atoms with E-state index in [4.69, 9.17) is 15.9 Å². The highest BCUT2D eigenvalue weighted by Crippen LogP contribution is 2.33. The Morgan fingerprint density at radius 3 is 2.39 bits per heavy atom. The minimum Gasteiger partial charge on any atom is -0.384 e. The Labute approximate surface area is 142 Å². The second-order valence-corrected chi connectivity index (χ2v) is 7.08. The Morgan fingerprint density at radius 1 is 1.22 bits per heavy atom. The molecule has 2 rings (SSSR count). The summed E-state index contributed by atoms with van der Waals surface area (Å²) in [6.45, 7) is 4.98. The lowest BCUT2D eigenvalue weighted by molar-refractivity contribution is -0.127. The summed E-state index contributed by atoms with van der Waals surface area (Å²) in [5.74, 6) is 1.11. The normalized spacial score (nSPS) is 20.4. The SMILES string of the molecule is C.CC(C)(O)O.CC1CCC(CCCCc2cccc(N)n2)C1. The monoisotopic (exact) mass is 324 g/mol. The third-order valence-corrected chi connectivity index (χ3v) is 3.93. The first kappa shape index (κ1) is 21.9. The van der Waals surface area contributed by atoms with E-state index in [2.05, 4.69) is 18.0 Å². The van der Waals surface area contributed by atoms with Crippen LogP contribution in [0, 0.1) is 11.8 Å². The van der Waals surface area contributed by atoms with Gasteiger partial charge in [0.1, 0.15) is 5.82 Å². The Kier molecular flexibility index (Phi) is 10.1. The highest BCUT2D eigenvalue weighted by molar-refractivity contribution is 5.28. The van der Waals surface area contributed by atoms with Crippen molar-refractivity contribution < 1.29 is 10.2 Å². The van der Waals surface area contributed by atoms with Crippen LogP contribution in [-0.4, -0.2) is 21.0 Å². The molecule has 4 N–H and O–H groups in total. The minimum atomic E-state index is -1.50. The van der Waals surface area contributed by atoms with Crippen molar-refractivity contribution in [2.45, 2.75) is 78.9 Å². The molecule has 4 nitrogen and oxygen atoms in total. The molecule has 0 aromatic carbocycles. The van der Waals surface area contributed by atoms with E-state index < -0.39 is 5.79 Å². The summed E-state index contributed by atoms with van der Waals surface area (Å²) in [4.78, 5) is 4.33. The molecular weight excluding hydrogens is 288 g/mol. The Bertz CT molecular complexity index is 424. The number of pyridine rings is 1. The van der Waals surface area contributed by atoms with E-state index in [1.807, 2.05) is 12.1 Å². The fourth-order valence-electron chi connectivity index (χ4n) is 2.96. The topological polar surface area (TPSA) is 79.4 Å². The van der Waals surface area contributed by atoms with Gasteiger partial charge in [0.15, 0.2) is 5.79 Å². The first-order valence-electron chi connectivity index (χ1n) is 8.40. The lowest BCUT2D eigenvalue weighted by atomic mass is 9.98.